The number of halogens is 2. The number of hydrogen-bond acceptors (Lipinski definition) is 3. The van der Waals surface area contributed by atoms with Crippen LogP contribution in [0.1, 0.15) is 56.0 Å². The second-order valence-corrected chi connectivity index (χ2v) is 9.80. The monoisotopic (exact) mass is 483 g/mol. The van der Waals surface area contributed by atoms with Crippen molar-refractivity contribution in [2.24, 2.45) is 5.92 Å². The lowest BCUT2D eigenvalue weighted by molar-refractivity contribution is -0.710. The number of carbonyl (C=O) groups excluding carboxylic acids is 1. The highest BCUT2D eigenvalue weighted by Crippen LogP contribution is 2.48. The van der Waals surface area contributed by atoms with Gasteiger partial charge in [-0.25, -0.2) is 23.1 Å². The average Bonchev–Trinajstić information content (AvgIpc) is 3.45. The van der Waals surface area contributed by atoms with E-state index in [2.05, 4.69) is 18.8 Å². The van der Waals surface area contributed by atoms with Crippen LogP contribution < -0.4 is 4.57 Å². The molecule has 0 spiro atoms. The molecule has 1 saturated carbocycles. The summed E-state index contributed by atoms with van der Waals surface area (Å²) in [5, 5.41) is 11.7. The van der Waals surface area contributed by atoms with Crippen molar-refractivity contribution in [2.45, 2.75) is 69.6 Å². The highest BCUT2D eigenvalue weighted by molar-refractivity contribution is 5.82. The molecule has 0 saturated heterocycles. The number of imidazole rings is 1. The lowest BCUT2D eigenvalue weighted by Gasteiger charge is -2.33. The first kappa shape index (κ1) is 25.0. The minimum Gasteiger partial charge on any atom is -0.455 e. The molecule has 0 amide bonds. The molecule has 0 bridgehead atoms. The molecule has 0 aliphatic heterocycles. The van der Waals surface area contributed by atoms with Gasteiger partial charge in [-0.15, -0.1) is 0 Å². The second kappa shape index (κ2) is 10.3. The van der Waals surface area contributed by atoms with Crippen LogP contribution in [0.5, 0.6) is 0 Å². The fraction of sp³-hybridized carbons (Fsp3) is 0.429. The summed E-state index contributed by atoms with van der Waals surface area (Å²) in [7, 11) is 0. The van der Waals surface area contributed by atoms with Crippen molar-refractivity contribution in [3.8, 4) is 0 Å². The van der Waals surface area contributed by atoms with Gasteiger partial charge in [0.2, 0.25) is 5.92 Å². The summed E-state index contributed by atoms with van der Waals surface area (Å²) in [4.78, 5) is 16.9. The van der Waals surface area contributed by atoms with Crippen LogP contribution in [0.2, 0.25) is 0 Å². The van der Waals surface area contributed by atoms with Crippen molar-refractivity contribution < 1.29 is 28.0 Å². The molecular formula is C28H33F2N2O3+. The molecule has 2 aromatic carbocycles. The Morgan fingerprint density at radius 3 is 2.43 bits per heavy atom. The minimum atomic E-state index is -2.91. The Bertz CT molecular complexity index is 1120. The summed E-state index contributed by atoms with van der Waals surface area (Å²) < 4.78 is 36.3. The number of esters is 1. The summed E-state index contributed by atoms with van der Waals surface area (Å²) in [5.74, 6) is -3.53. The molecular weight excluding hydrogens is 450 g/mol. The van der Waals surface area contributed by atoms with E-state index in [0.29, 0.717) is 13.0 Å². The van der Waals surface area contributed by atoms with Gasteiger partial charge in [-0.05, 0) is 17.5 Å². The molecule has 1 aliphatic carbocycles. The quantitative estimate of drug-likeness (QED) is 0.336. The van der Waals surface area contributed by atoms with Crippen LogP contribution in [0.25, 0.3) is 0 Å². The maximum absolute atomic E-state index is 14.2. The van der Waals surface area contributed by atoms with E-state index in [-0.39, 0.29) is 24.3 Å². The molecule has 7 heteroatoms. The second-order valence-electron chi connectivity index (χ2n) is 9.80. The molecule has 4 rings (SSSR count). The third-order valence-electron chi connectivity index (χ3n) is 6.84. The molecule has 1 aliphatic rings. The van der Waals surface area contributed by atoms with Gasteiger partial charge >= 0.3 is 5.97 Å². The number of nitrogens with one attached hydrogen (secondary N) is 1. The van der Waals surface area contributed by atoms with Crippen LogP contribution in [-0.4, -0.2) is 28.1 Å². The normalized spacial score (nSPS) is 19.9. The predicted molar refractivity (Wildman–Crippen MR) is 128 cm³/mol. The van der Waals surface area contributed by atoms with Crippen LogP contribution in [0.4, 0.5) is 8.78 Å². The SMILES string of the molecule is CC(C)c1[nH]cc[n+]1CC(Cc1ccccc1)OC(=O)[C@](O)(c1ccccc1)[C@@H]1CCC(F)(F)C1. The van der Waals surface area contributed by atoms with Crippen molar-refractivity contribution in [3.05, 3.63) is 90.0 Å². The van der Waals surface area contributed by atoms with Crippen molar-refractivity contribution in [2.75, 3.05) is 0 Å². The van der Waals surface area contributed by atoms with Crippen LogP contribution in [-0.2, 0) is 28.1 Å². The molecule has 3 atom stereocenters. The van der Waals surface area contributed by atoms with Crippen LogP contribution in [0.3, 0.4) is 0 Å². The van der Waals surface area contributed by atoms with E-state index in [1.807, 2.05) is 47.3 Å². The number of H-pyrrole nitrogens is 1. The van der Waals surface area contributed by atoms with Crippen LogP contribution >= 0.6 is 0 Å². The largest absolute Gasteiger partial charge is 0.455 e. The van der Waals surface area contributed by atoms with Crippen molar-refractivity contribution >= 4 is 5.97 Å². The standard InChI is InChI=1S/C28H32F2N2O3/c1-20(2)25-31-15-16-32(25)19-24(17-21-9-5-3-6-10-21)35-26(33)28(34,22-11-7-4-8-12-22)23-13-14-27(29,30)18-23/h3-12,15-16,20,23-24,34H,13-14,17-19H2,1-2H3/p+1/t23-,24?,28+/m1/s1. The number of alkyl halides is 2. The highest BCUT2D eigenvalue weighted by Gasteiger charge is 2.54. The smallest absolute Gasteiger partial charge is 0.343 e. The number of ether oxygens (including phenoxy) is 1. The molecule has 1 heterocycles. The van der Waals surface area contributed by atoms with Gasteiger partial charge in [0.15, 0.2) is 5.60 Å². The topological polar surface area (TPSA) is 66.2 Å². The molecule has 0 radical (unpaired) electrons. The van der Waals surface area contributed by atoms with E-state index in [1.165, 1.54) is 0 Å². The van der Waals surface area contributed by atoms with E-state index < -0.39 is 35.9 Å². The molecule has 1 aromatic heterocycles. The Morgan fingerprint density at radius 2 is 1.83 bits per heavy atom. The molecule has 5 nitrogen and oxygen atoms in total. The van der Waals surface area contributed by atoms with Gasteiger partial charge in [0.05, 0.1) is 5.92 Å². The number of nitrogens with zero attached hydrogens (tertiary/aromatic N) is 1. The third kappa shape index (κ3) is 5.61. The zero-order valence-electron chi connectivity index (χ0n) is 20.2. The van der Waals surface area contributed by atoms with Crippen LogP contribution in [0, 0.1) is 5.92 Å². The number of carbonyl (C=O) groups is 1. The van der Waals surface area contributed by atoms with E-state index in [0.717, 1.165) is 11.4 Å². The van der Waals surface area contributed by atoms with Gasteiger partial charge in [-0.3, -0.25) is 0 Å². The van der Waals surface area contributed by atoms with Crippen LogP contribution in [0.15, 0.2) is 73.1 Å². The molecule has 1 fully saturated rings. The Labute approximate surface area is 204 Å². The number of hydrogen-bond donors (Lipinski definition) is 2. The van der Waals surface area contributed by atoms with Crippen molar-refractivity contribution in [3.63, 3.8) is 0 Å². The first-order chi connectivity index (χ1) is 16.7. The van der Waals surface area contributed by atoms with E-state index >= 15 is 0 Å². The lowest BCUT2D eigenvalue weighted by atomic mass is 9.80. The van der Waals surface area contributed by atoms with E-state index in [4.69, 9.17) is 4.74 Å². The summed E-state index contributed by atoms with van der Waals surface area (Å²) in [6.45, 7) is 4.49. The van der Waals surface area contributed by atoms with Gasteiger partial charge in [-0.2, -0.15) is 0 Å². The summed E-state index contributed by atoms with van der Waals surface area (Å²) in [6.07, 6.45) is 2.67. The summed E-state index contributed by atoms with van der Waals surface area (Å²) in [5.41, 5.74) is -0.897. The maximum Gasteiger partial charge on any atom is 0.343 e. The predicted octanol–water partition coefficient (Wildman–Crippen LogP) is 4.90. The van der Waals surface area contributed by atoms with Crippen molar-refractivity contribution in [1.82, 2.24) is 4.98 Å². The molecule has 1 unspecified atom stereocenters. The minimum absolute atomic E-state index is 0.0426. The Balaban J connectivity index is 1.65. The fourth-order valence-corrected chi connectivity index (χ4v) is 5.03. The molecule has 3 aromatic rings. The number of rotatable bonds is 9. The maximum atomic E-state index is 14.2. The summed E-state index contributed by atoms with van der Waals surface area (Å²) in [6, 6.07) is 18.0. The number of benzene rings is 2. The number of aromatic nitrogens is 2. The van der Waals surface area contributed by atoms with Gasteiger partial charge in [0.1, 0.15) is 25.0 Å². The highest BCUT2D eigenvalue weighted by atomic mass is 19.3. The first-order valence-corrected chi connectivity index (χ1v) is 12.2. The first-order valence-electron chi connectivity index (χ1n) is 12.2. The number of aliphatic hydroxyl groups is 1. The zero-order chi connectivity index (χ0) is 25.1. The van der Waals surface area contributed by atoms with Gasteiger partial charge in [0.25, 0.3) is 5.82 Å². The summed E-state index contributed by atoms with van der Waals surface area (Å²) >= 11 is 0. The Hall–Kier alpha value is -3.06. The Morgan fingerprint density at radius 1 is 1.17 bits per heavy atom. The average molecular weight is 484 g/mol. The van der Waals surface area contributed by atoms with Gasteiger partial charge in [-0.1, -0.05) is 74.5 Å². The fourth-order valence-electron chi connectivity index (χ4n) is 5.03. The van der Waals surface area contributed by atoms with Gasteiger partial charge < -0.3 is 9.84 Å². The van der Waals surface area contributed by atoms with Gasteiger partial charge in [0, 0.05) is 25.2 Å². The lowest BCUT2D eigenvalue weighted by Crippen LogP contribution is -2.49. The molecule has 2 N–H and O–H groups in total. The molecule has 186 valence electrons. The van der Waals surface area contributed by atoms with Crippen molar-refractivity contribution in [1.29, 1.82) is 0 Å². The Kier molecular flexibility index (Phi) is 7.36. The van der Waals surface area contributed by atoms with E-state index in [9.17, 15) is 18.7 Å². The zero-order valence-corrected chi connectivity index (χ0v) is 20.2. The van der Waals surface area contributed by atoms with E-state index in [1.54, 1.807) is 30.3 Å². The molecule has 35 heavy (non-hydrogen) atoms. The third-order valence-corrected chi connectivity index (χ3v) is 6.84. The number of aromatic amines is 1.